The van der Waals surface area contributed by atoms with Gasteiger partial charge in [0, 0.05) is 12.6 Å². The SMILES string of the molecule is Cc1ccc(CN(C)C(=O)c2cc(S(=O)(=O)NCc3ccco3)ccc2C)o1. The highest BCUT2D eigenvalue weighted by Crippen LogP contribution is 2.19. The van der Waals surface area contributed by atoms with Gasteiger partial charge in [0.15, 0.2) is 0 Å². The Balaban J connectivity index is 1.78. The summed E-state index contributed by atoms with van der Waals surface area (Å²) in [4.78, 5) is 14.4. The van der Waals surface area contributed by atoms with Gasteiger partial charge in [0.25, 0.3) is 5.91 Å². The molecule has 2 heterocycles. The van der Waals surface area contributed by atoms with Gasteiger partial charge in [0.1, 0.15) is 17.3 Å². The van der Waals surface area contributed by atoms with Gasteiger partial charge in [-0.05, 0) is 55.8 Å². The summed E-state index contributed by atoms with van der Waals surface area (Å²) in [5, 5.41) is 0. The molecule has 0 aliphatic rings. The van der Waals surface area contributed by atoms with E-state index in [2.05, 4.69) is 4.72 Å². The fraction of sp³-hybridized carbons (Fsp3) is 0.250. The van der Waals surface area contributed by atoms with E-state index in [0.717, 1.165) is 5.76 Å². The molecular formula is C20H22N2O5S. The molecule has 0 fully saturated rings. The third kappa shape index (κ3) is 4.52. The lowest BCUT2D eigenvalue weighted by atomic mass is 10.1. The van der Waals surface area contributed by atoms with Crippen LogP contribution in [-0.2, 0) is 23.1 Å². The van der Waals surface area contributed by atoms with Gasteiger partial charge in [-0.15, -0.1) is 0 Å². The maximum absolute atomic E-state index is 12.9. The largest absolute Gasteiger partial charge is 0.468 e. The molecular weight excluding hydrogens is 380 g/mol. The van der Waals surface area contributed by atoms with Crippen molar-refractivity contribution in [1.82, 2.24) is 9.62 Å². The molecule has 0 saturated carbocycles. The molecule has 1 amide bonds. The van der Waals surface area contributed by atoms with Crippen molar-refractivity contribution in [3.05, 3.63) is 77.1 Å². The van der Waals surface area contributed by atoms with E-state index in [1.54, 1.807) is 32.2 Å². The molecule has 0 aliphatic heterocycles. The molecule has 0 radical (unpaired) electrons. The van der Waals surface area contributed by atoms with Crippen molar-refractivity contribution in [1.29, 1.82) is 0 Å². The Morgan fingerprint density at radius 3 is 2.54 bits per heavy atom. The molecule has 0 atom stereocenters. The van der Waals surface area contributed by atoms with Crippen LogP contribution in [0.3, 0.4) is 0 Å². The number of furan rings is 2. The first-order valence-corrected chi connectivity index (χ1v) is 10.2. The summed E-state index contributed by atoms with van der Waals surface area (Å²) >= 11 is 0. The van der Waals surface area contributed by atoms with Crippen LogP contribution in [0, 0.1) is 13.8 Å². The lowest BCUT2D eigenvalue weighted by Crippen LogP contribution is -2.28. The van der Waals surface area contributed by atoms with Gasteiger partial charge in [0.2, 0.25) is 10.0 Å². The van der Waals surface area contributed by atoms with Crippen LogP contribution in [-0.4, -0.2) is 26.3 Å². The molecule has 7 nitrogen and oxygen atoms in total. The first-order chi connectivity index (χ1) is 13.3. The van der Waals surface area contributed by atoms with Crippen LogP contribution in [0.4, 0.5) is 0 Å². The van der Waals surface area contributed by atoms with Crippen molar-refractivity contribution < 1.29 is 22.0 Å². The zero-order chi connectivity index (χ0) is 20.3. The predicted octanol–water partition coefficient (Wildman–Crippen LogP) is 3.24. The average molecular weight is 402 g/mol. The fourth-order valence-electron chi connectivity index (χ4n) is 2.74. The van der Waals surface area contributed by atoms with E-state index >= 15 is 0 Å². The number of sulfonamides is 1. The molecule has 1 N–H and O–H groups in total. The second-order valence-electron chi connectivity index (χ2n) is 6.55. The Labute approximate surface area is 164 Å². The normalized spacial score (nSPS) is 11.5. The van der Waals surface area contributed by atoms with E-state index in [4.69, 9.17) is 8.83 Å². The van der Waals surface area contributed by atoms with E-state index in [9.17, 15) is 13.2 Å². The molecule has 3 rings (SSSR count). The highest BCUT2D eigenvalue weighted by molar-refractivity contribution is 7.89. The molecule has 28 heavy (non-hydrogen) atoms. The molecule has 0 saturated heterocycles. The van der Waals surface area contributed by atoms with Gasteiger partial charge in [-0.2, -0.15) is 0 Å². The van der Waals surface area contributed by atoms with Crippen LogP contribution in [0.15, 0.2) is 62.5 Å². The number of rotatable bonds is 7. The van der Waals surface area contributed by atoms with Crippen molar-refractivity contribution in [2.24, 2.45) is 0 Å². The van der Waals surface area contributed by atoms with E-state index in [0.29, 0.717) is 29.2 Å². The quantitative estimate of drug-likeness (QED) is 0.655. The van der Waals surface area contributed by atoms with Gasteiger partial charge in [-0.1, -0.05) is 6.07 Å². The summed E-state index contributed by atoms with van der Waals surface area (Å²) in [6.07, 6.45) is 1.47. The van der Waals surface area contributed by atoms with Crippen molar-refractivity contribution >= 4 is 15.9 Å². The van der Waals surface area contributed by atoms with Gasteiger partial charge in [-0.25, -0.2) is 13.1 Å². The summed E-state index contributed by atoms with van der Waals surface area (Å²) < 4.78 is 38.3. The van der Waals surface area contributed by atoms with Gasteiger partial charge in [0.05, 0.1) is 24.2 Å². The monoisotopic (exact) mass is 402 g/mol. The highest BCUT2D eigenvalue weighted by atomic mass is 32.2. The van der Waals surface area contributed by atoms with Crippen molar-refractivity contribution in [3.63, 3.8) is 0 Å². The van der Waals surface area contributed by atoms with Crippen LogP contribution in [0.1, 0.15) is 33.2 Å². The standard InChI is InChI=1S/C20H22N2O5S/c1-14-6-9-18(28(24,25)21-12-16-5-4-10-26-16)11-19(14)20(23)22(3)13-17-8-7-15(2)27-17/h4-11,21H,12-13H2,1-3H3. The van der Waals surface area contributed by atoms with Crippen LogP contribution < -0.4 is 4.72 Å². The van der Waals surface area contributed by atoms with E-state index in [1.165, 1.54) is 23.3 Å². The maximum Gasteiger partial charge on any atom is 0.254 e. The molecule has 1 aromatic carbocycles. The van der Waals surface area contributed by atoms with Crippen LogP contribution in [0.25, 0.3) is 0 Å². The minimum Gasteiger partial charge on any atom is -0.468 e. The number of benzene rings is 1. The van der Waals surface area contributed by atoms with Crippen LogP contribution in [0.5, 0.6) is 0 Å². The van der Waals surface area contributed by atoms with Crippen molar-refractivity contribution in [3.8, 4) is 0 Å². The molecule has 0 unspecified atom stereocenters. The van der Waals surface area contributed by atoms with Crippen molar-refractivity contribution in [2.75, 3.05) is 7.05 Å². The molecule has 148 valence electrons. The number of carbonyl (C=O) groups excluding carboxylic acids is 1. The Morgan fingerprint density at radius 2 is 1.89 bits per heavy atom. The number of amides is 1. The third-order valence-electron chi connectivity index (χ3n) is 4.30. The van der Waals surface area contributed by atoms with E-state index in [1.807, 2.05) is 19.1 Å². The zero-order valence-electron chi connectivity index (χ0n) is 15.9. The average Bonchev–Trinajstić information content (AvgIpc) is 3.31. The van der Waals surface area contributed by atoms with E-state index in [-0.39, 0.29) is 17.3 Å². The maximum atomic E-state index is 12.9. The first kappa shape index (κ1) is 19.9. The summed E-state index contributed by atoms with van der Waals surface area (Å²) in [6.45, 7) is 3.92. The zero-order valence-corrected chi connectivity index (χ0v) is 16.7. The molecule has 3 aromatic rings. The predicted molar refractivity (Wildman–Crippen MR) is 103 cm³/mol. The topological polar surface area (TPSA) is 92.8 Å². The number of nitrogens with one attached hydrogen (secondary N) is 1. The molecule has 0 spiro atoms. The Kier molecular flexibility index (Phi) is 5.71. The third-order valence-corrected chi connectivity index (χ3v) is 5.70. The number of nitrogens with zero attached hydrogens (tertiary/aromatic N) is 1. The van der Waals surface area contributed by atoms with Crippen LogP contribution in [0.2, 0.25) is 0 Å². The Morgan fingerprint density at radius 1 is 1.11 bits per heavy atom. The van der Waals surface area contributed by atoms with Crippen LogP contribution >= 0.6 is 0 Å². The molecule has 0 bridgehead atoms. The molecule has 0 aliphatic carbocycles. The number of hydrogen-bond donors (Lipinski definition) is 1. The summed E-state index contributed by atoms with van der Waals surface area (Å²) in [5.41, 5.74) is 1.02. The first-order valence-electron chi connectivity index (χ1n) is 8.70. The minimum absolute atomic E-state index is 0.0234. The van der Waals surface area contributed by atoms with Crippen molar-refractivity contribution in [2.45, 2.75) is 31.8 Å². The Hall–Kier alpha value is -2.84. The number of hydrogen-bond acceptors (Lipinski definition) is 5. The van der Waals surface area contributed by atoms with Gasteiger partial charge < -0.3 is 13.7 Å². The highest BCUT2D eigenvalue weighted by Gasteiger charge is 2.21. The minimum atomic E-state index is -3.79. The lowest BCUT2D eigenvalue weighted by molar-refractivity contribution is 0.0774. The van der Waals surface area contributed by atoms with Gasteiger partial charge >= 0.3 is 0 Å². The lowest BCUT2D eigenvalue weighted by Gasteiger charge is -2.18. The number of aryl methyl sites for hydroxylation is 2. The molecule has 2 aromatic heterocycles. The smallest absolute Gasteiger partial charge is 0.254 e. The summed E-state index contributed by atoms with van der Waals surface area (Å²) in [7, 11) is -2.14. The molecule has 8 heteroatoms. The fourth-order valence-corrected chi connectivity index (χ4v) is 3.76. The second-order valence-corrected chi connectivity index (χ2v) is 8.32. The summed E-state index contributed by atoms with van der Waals surface area (Å²) in [6, 6.07) is 11.5. The van der Waals surface area contributed by atoms with E-state index < -0.39 is 10.0 Å². The summed E-state index contributed by atoms with van der Waals surface area (Å²) in [5.74, 6) is 1.65. The van der Waals surface area contributed by atoms with Gasteiger partial charge in [-0.3, -0.25) is 4.79 Å². The number of carbonyl (C=O) groups is 1. The second kappa shape index (κ2) is 8.04. The Bertz CT molecular complexity index is 1070.